The van der Waals surface area contributed by atoms with Crippen molar-refractivity contribution in [1.29, 1.82) is 5.41 Å². The summed E-state index contributed by atoms with van der Waals surface area (Å²) in [5.41, 5.74) is 8.53. The molecule has 1 saturated heterocycles. The largest absolute Gasteiger partial charge is 0.480 e. The van der Waals surface area contributed by atoms with E-state index in [-0.39, 0.29) is 17.4 Å². The van der Waals surface area contributed by atoms with E-state index in [1.165, 1.54) is 0 Å². The highest BCUT2D eigenvalue weighted by Crippen LogP contribution is 2.20. The van der Waals surface area contributed by atoms with E-state index < -0.39 is 5.97 Å². The first-order valence-corrected chi connectivity index (χ1v) is 11.4. The van der Waals surface area contributed by atoms with Crippen LogP contribution in [0.25, 0.3) is 22.3 Å². The Morgan fingerprint density at radius 3 is 2.70 bits per heavy atom. The molecule has 8 nitrogen and oxygen atoms in total. The molecule has 2 heterocycles. The molecular weight excluding hydrogens is 418 g/mol. The molecule has 4 rings (SSSR count). The molecule has 1 aromatic heterocycles. The third-order valence-corrected chi connectivity index (χ3v) is 6.28. The van der Waals surface area contributed by atoms with Crippen molar-refractivity contribution in [2.75, 3.05) is 13.1 Å². The fourth-order valence-corrected chi connectivity index (χ4v) is 4.57. The number of para-hydroxylation sites is 2. The smallest absolute Gasteiger partial charge is 0.320 e. The van der Waals surface area contributed by atoms with Gasteiger partial charge in [0, 0.05) is 17.7 Å². The second kappa shape index (κ2) is 9.95. The number of likely N-dealkylation sites (tertiary alicyclic amines) is 1. The summed E-state index contributed by atoms with van der Waals surface area (Å²) in [5.74, 6) is -0.787. The van der Waals surface area contributed by atoms with Gasteiger partial charge in [-0.3, -0.25) is 19.9 Å². The minimum atomic E-state index is -0.733. The quantitative estimate of drug-likeness (QED) is 0.263. The van der Waals surface area contributed by atoms with Gasteiger partial charge in [0.15, 0.2) is 0 Å². The molecule has 1 aliphatic heterocycles. The van der Waals surface area contributed by atoms with Gasteiger partial charge in [-0.2, -0.15) is 0 Å². The highest BCUT2D eigenvalue weighted by Gasteiger charge is 2.29. The number of nitrogens with one attached hydrogen (secondary N) is 1. The van der Waals surface area contributed by atoms with Crippen LogP contribution in [0.1, 0.15) is 37.7 Å². The Morgan fingerprint density at radius 2 is 1.91 bits per heavy atom. The fraction of sp³-hybridized carbons (Fsp3) is 0.360. The summed E-state index contributed by atoms with van der Waals surface area (Å²) in [6.45, 7) is 2.17. The van der Waals surface area contributed by atoms with E-state index in [1.807, 2.05) is 30.3 Å². The number of nitrogens with two attached hydrogens (primary N) is 1. The number of carbonyl (C=O) groups is 1. The highest BCUT2D eigenvalue weighted by molar-refractivity contribution is 5.96. The number of benzene rings is 2. The molecule has 0 spiro atoms. The van der Waals surface area contributed by atoms with E-state index in [4.69, 9.17) is 11.1 Å². The van der Waals surface area contributed by atoms with Crippen molar-refractivity contribution in [3.8, 4) is 11.3 Å². The lowest BCUT2D eigenvalue weighted by atomic mass is 10.1. The Kier molecular flexibility index (Phi) is 6.84. The van der Waals surface area contributed by atoms with Gasteiger partial charge in [0.2, 0.25) is 0 Å². The molecule has 1 fully saturated rings. The first-order valence-electron chi connectivity index (χ1n) is 11.4. The van der Waals surface area contributed by atoms with Crippen LogP contribution in [0, 0.1) is 5.41 Å². The van der Waals surface area contributed by atoms with Gasteiger partial charge >= 0.3 is 5.97 Å². The zero-order valence-corrected chi connectivity index (χ0v) is 18.5. The van der Waals surface area contributed by atoms with Gasteiger partial charge in [0.1, 0.15) is 17.6 Å². The van der Waals surface area contributed by atoms with Crippen molar-refractivity contribution >= 4 is 22.8 Å². The van der Waals surface area contributed by atoms with E-state index in [0.29, 0.717) is 23.4 Å². The number of aromatic nitrogens is 2. The second-order valence-electron chi connectivity index (χ2n) is 8.49. The van der Waals surface area contributed by atoms with E-state index >= 15 is 0 Å². The first-order chi connectivity index (χ1) is 16.0. The van der Waals surface area contributed by atoms with Crippen LogP contribution >= 0.6 is 0 Å². The van der Waals surface area contributed by atoms with E-state index in [1.54, 1.807) is 22.8 Å². The molecule has 0 bridgehead atoms. The molecule has 4 N–H and O–H groups in total. The fourth-order valence-electron chi connectivity index (χ4n) is 4.57. The maximum atomic E-state index is 13.4. The average Bonchev–Trinajstić information content (AvgIpc) is 3.29. The lowest BCUT2D eigenvalue weighted by Crippen LogP contribution is -2.36. The van der Waals surface area contributed by atoms with E-state index in [9.17, 15) is 14.7 Å². The van der Waals surface area contributed by atoms with Gasteiger partial charge in [0.05, 0.1) is 11.0 Å². The maximum Gasteiger partial charge on any atom is 0.320 e. The zero-order valence-electron chi connectivity index (χ0n) is 18.5. The molecule has 0 saturated carbocycles. The van der Waals surface area contributed by atoms with Gasteiger partial charge in [-0.15, -0.1) is 0 Å². The first kappa shape index (κ1) is 22.7. The van der Waals surface area contributed by atoms with Crippen molar-refractivity contribution in [2.24, 2.45) is 5.73 Å². The van der Waals surface area contributed by atoms with Crippen LogP contribution in [0.3, 0.4) is 0 Å². The summed E-state index contributed by atoms with van der Waals surface area (Å²) < 4.78 is 1.77. The van der Waals surface area contributed by atoms with Crippen molar-refractivity contribution in [2.45, 2.75) is 44.7 Å². The molecule has 0 amide bonds. The number of rotatable bonds is 9. The third kappa shape index (κ3) is 4.96. The van der Waals surface area contributed by atoms with Gasteiger partial charge in [-0.25, -0.2) is 4.98 Å². The summed E-state index contributed by atoms with van der Waals surface area (Å²) in [6, 6.07) is 14.3. The Morgan fingerprint density at radius 1 is 1.12 bits per heavy atom. The summed E-state index contributed by atoms with van der Waals surface area (Å²) in [7, 11) is 0. The van der Waals surface area contributed by atoms with Crippen molar-refractivity contribution in [1.82, 2.24) is 14.5 Å². The number of nitrogen functional groups attached to an aromatic ring is 1. The number of amidine groups is 1. The van der Waals surface area contributed by atoms with Crippen LogP contribution in [0.15, 0.2) is 53.3 Å². The van der Waals surface area contributed by atoms with Gasteiger partial charge in [-0.1, -0.05) is 36.8 Å². The highest BCUT2D eigenvalue weighted by atomic mass is 16.4. The Balaban J connectivity index is 1.52. The standard InChI is InChI=1S/C25H29N5O3/c26-23(27)18-9-6-8-17(16-18)22-24(31)30(20-11-3-2-10-19(20)28-22)15-5-1-4-13-29-14-7-12-21(29)25(32)33/h2-3,6,8-11,16,21H,1,4-5,7,12-15H2,(H3,26,27)(H,32,33). The minimum absolute atomic E-state index is 0.0545. The SMILES string of the molecule is N=C(N)c1cccc(-c2nc3ccccc3n(CCCCCN3CCCC3C(=O)O)c2=O)c1. The van der Waals surface area contributed by atoms with Gasteiger partial charge in [0.25, 0.3) is 5.56 Å². The van der Waals surface area contributed by atoms with Crippen LogP contribution in [-0.2, 0) is 11.3 Å². The molecule has 33 heavy (non-hydrogen) atoms. The second-order valence-corrected chi connectivity index (χ2v) is 8.49. The number of unbranched alkanes of at least 4 members (excludes halogenated alkanes) is 2. The summed E-state index contributed by atoms with van der Waals surface area (Å²) >= 11 is 0. The van der Waals surface area contributed by atoms with Gasteiger partial charge in [-0.05, 0) is 57.0 Å². The molecule has 0 aliphatic carbocycles. The average molecular weight is 448 g/mol. The van der Waals surface area contributed by atoms with E-state index in [0.717, 1.165) is 56.2 Å². The lowest BCUT2D eigenvalue weighted by Gasteiger charge is -2.20. The molecule has 8 heteroatoms. The zero-order chi connectivity index (χ0) is 23.4. The minimum Gasteiger partial charge on any atom is -0.480 e. The number of carboxylic acids is 1. The normalized spacial score (nSPS) is 16.3. The van der Waals surface area contributed by atoms with E-state index in [2.05, 4.69) is 9.88 Å². The monoisotopic (exact) mass is 447 g/mol. The third-order valence-electron chi connectivity index (χ3n) is 6.28. The number of hydrogen-bond donors (Lipinski definition) is 3. The predicted octanol–water partition coefficient (Wildman–Crippen LogP) is 3.07. The van der Waals surface area contributed by atoms with Crippen molar-refractivity contribution in [3.63, 3.8) is 0 Å². The topological polar surface area (TPSA) is 125 Å². The summed E-state index contributed by atoms with van der Waals surface area (Å²) in [4.78, 5) is 31.4. The van der Waals surface area contributed by atoms with Crippen LogP contribution < -0.4 is 11.3 Å². The van der Waals surface area contributed by atoms with Crippen LogP contribution in [0.4, 0.5) is 0 Å². The lowest BCUT2D eigenvalue weighted by molar-refractivity contribution is -0.142. The molecular formula is C25H29N5O3. The van der Waals surface area contributed by atoms with Crippen LogP contribution in [0.5, 0.6) is 0 Å². The van der Waals surface area contributed by atoms with Crippen molar-refractivity contribution in [3.05, 3.63) is 64.4 Å². The Hall–Kier alpha value is -3.52. The molecule has 3 aromatic rings. The molecule has 1 unspecified atom stereocenters. The van der Waals surface area contributed by atoms with Gasteiger partial charge < -0.3 is 15.4 Å². The predicted molar refractivity (Wildman–Crippen MR) is 129 cm³/mol. The van der Waals surface area contributed by atoms with Crippen LogP contribution in [0.2, 0.25) is 0 Å². The number of carboxylic acid groups (broad SMARTS) is 1. The number of hydrogen-bond acceptors (Lipinski definition) is 5. The van der Waals surface area contributed by atoms with Crippen molar-refractivity contribution < 1.29 is 9.90 Å². The summed E-state index contributed by atoms with van der Waals surface area (Å²) in [6.07, 6.45) is 4.27. The molecule has 172 valence electrons. The number of aryl methyl sites for hydroxylation is 1. The maximum absolute atomic E-state index is 13.4. The summed E-state index contributed by atoms with van der Waals surface area (Å²) in [5, 5.41) is 17.0. The number of aliphatic carboxylic acids is 1. The molecule has 1 atom stereocenters. The number of nitrogens with zero attached hydrogens (tertiary/aromatic N) is 3. The number of fused-ring (bicyclic) bond motifs is 1. The Labute approximate surface area is 192 Å². The molecule has 1 aliphatic rings. The molecule has 2 aromatic carbocycles. The Bertz CT molecular complexity index is 1240. The molecule has 0 radical (unpaired) electrons. The van der Waals surface area contributed by atoms with Crippen LogP contribution in [-0.4, -0.2) is 50.5 Å².